The lowest BCUT2D eigenvalue weighted by Crippen LogP contribution is -2.14. The molecule has 0 atom stereocenters. The first-order valence-corrected chi connectivity index (χ1v) is 6.35. The predicted molar refractivity (Wildman–Crippen MR) is 75.9 cm³/mol. The molecule has 0 aliphatic carbocycles. The van der Waals surface area contributed by atoms with Crippen molar-refractivity contribution < 1.29 is 9.84 Å². The van der Waals surface area contributed by atoms with Crippen molar-refractivity contribution in [1.82, 2.24) is 5.32 Å². The van der Waals surface area contributed by atoms with Crippen LogP contribution >= 0.6 is 0 Å². The highest BCUT2D eigenvalue weighted by Crippen LogP contribution is 2.13. The SMILES string of the molecule is COc1cccc(CNCc2ccccc2CO)c1. The van der Waals surface area contributed by atoms with Crippen molar-refractivity contribution in [2.24, 2.45) is 0 Å². The average molecular weight is 257 g/mol. The lowest BCUT2D eigenvalue weighted by molar-refractivity contribution is 0.280. The standard InChI is InChI=1S/C16H19NO2/c1-19-16-8-4-5-13(9-16)10-17-11-14-6-2-3-7-15(14)12-18/h2-9,17-18H,10-12H2,1H3. The Balaban J connectivity index is 1.92. The topological polar surface area (TPSA) is 41.5 Å². The third-order valence-electron chi connectivity index (χ3n) is 3.07. The van der Waals surface area contributed by atoms with Gasteiger partial charge in [0.2, 0.25) is 0 Å². The molecule has 0 aliphatic rings. The van der Waals surface area contributed by atoms with Crippen LogP contribution in [0.5, 0.6) is 5.75 Å². The zero-order valence-electron chi connectivity index (χ0n) is 11.1. The highest BCUT2D eigenvalue weighted by molar-refractivity contribution is 5.29. The van der Waals surface area contributed by atoms with Crippen LogP contribution in [0.4, 0.5) is 0 Å². The maximum Gasteiger partial charge on any atom is 0.119 e. The number of aliphatic hydroxyl groups is 1. The van der Waals surface area contributed by atoms with E-state index >= 15 is 0 Å². The summed E-state index contributed by atoms with van der Waals surface area (Å²) in [6.45, 7) is 1.60. The average Bonchev–Trinajstić information content (AvgIpc) is 2.48. The summed E-state index contributed by atoms with van der Waals surface area (Å²) in [7, 11) is 1.67. The fraction of sp³-hybridized carbons (Fsp3) is 0.250. The molecule has 3 heteroatoms. The second-order valence-electron chi connectivity index (χ2n) is 4.38. The van der Waals surface area contributed by atoms with Gasteiger partial charge >= 0.3 is 0 Å². The Bertz CT molecular complexity index is 526. The van der Waals surface area contributed by atoms with E-state index in [-0.39, 0.29) is 6.61 Å². The Morgan fingerprint density at radius 2 is 1.79 bits per heavy atom. The zero-order valence-corrected chi connectivity index (χ0v) is 11.1. The summed E-state index contributed by atoms with van der Waals surface area (Å²) in [6, 6.07) is 15.9. The molecule has 0 aromatic heterocycles. The minimum Gasteiger partial charge on any atom is -0.497 e. The molecule has 0 unspecified atom stereocenters. The molecule has 2 aromatic carbocycles. The first-order valence-electron chi connectivity index (χ1n) is 6.35. The van der Waals surface area contributed by atoms with Crippen LogP contribution in [-0.2, 0) is 19.7 Å². The Morgan fingerprint density at radius 1 is 1.00 bits per heavy atom. The van der Waals surface area contributed by atoms with Crippen molar-refractivity contribution in [3.8, 4) is 5.75 Å². The van der Waals surface area contributed by atoms with E-state index in [0.29, 0.717) is 0 Å². The molecule has 0 aliphatic heterocycles. The van der Waals surface area contributed by atoms with Crippen molar-refractivity contribution in [3.63, 3.8) is 0 Å². The molecule has 0 saturated heterocycles. The van der Waals surface area contributed by atoms with Gasteiger partial charge in [0, 0.05) is 13.1 Å². The summed E-state index contributed by atoms with van der Waals surface area (Å²) in [5.74, 6) is 0.870. The van der Waals surface area contributed by atoms with Gasteiger partial charge in [-0.25, -0.2) is 0 Å². The Hall–Kier alpha value is -1.84. The van der Waals surface area contributed by atoms with Crippen LogP contribution in [0.25, 0.3) is 0 Å². The molecule has 0 radical (unpaired) electrons. The molecule has 0 spiro atoms. The highest BCUT2D eigenvalue weighted by atomic mass is 16.5. The van der Waals surface area contributed by atoms with Gasteiger partial charge in [-0.1, -0.05) is 36.4 Å². The number of nitrogens with one attached hydrogen (secondary N) is 1. The molecule has 2 rings (SSSR count). The van der Waals surface area contributed by atoms with Gasteiger partial charge in [0.1, 0.15) is 5.75 Å². The van der Waals surface area contributed by atoms with E-state index in [1.807, 2.05) is 42.5 Å². The van der Waals surface area contributed by atoms with Crippen LogP contribution in [-0.4, -0.2) is 12.2 Å². The summed E-state index contributed by atoms with van der Waals surface area (Å²) in [6.07, 6.45) is 0. The highest BCUT2D eigenvalue weighted by Gasteiger charge is 2.00. The Morgan fingerprint density at radius 3 is 2.53 bits per heavy atom. The van der Waals surface area contributed by atoms with Gasteiger partial charge in [-0.05, 0) is 28.8 Å². The minimum atomic E-state index is 0.0804. The van der Waals surface area contributed by atoms with Crippen LogP contribution in [0.15, 0.2) is 48.5 Å². The first kappa shape index (κ1) is 13.6. The van der Waals surface area contributed by atoms with Crippen molar-refractivity contribution in [2.45, 2.75) is 19.7 Å². The van der Waals surface area contributed by atoms with E-state index in [1.54, 1.807) is 7.11 Å². The third-order valence-corrected chi connectivity index (χ3v) is 3.07. The lowest BCUT2D eigenvalue weighted by Gasteiger charge is -2.09. The molecule has 0 fully saturated rings. The molecule has 0 heterocycles. The third kappa shape index (κ3) is 3.81. The molecule has 2 N–H and O–H groups in total. The molecule has 0 bridgehead atoms. The summed E-state index contributed by atoms with van der Waals surface area (Å²) < 4.78 is 5.20. The molecule has 19 heavy (non-hydrogen) atoms. The van der Waals surface area contributed by atoms with Crippen molar-refractivity contribution in [3.05, 3.63) is 65.2 Å². The maximum absolute atomic E-state index is 9.26. The molecule has 3 nitrogen and oxygen atoms in total. The number of rotatable bonds is 6. The predicted octanol–water partition coefficient (Wildman–Crippen LogP) is 2.48. The van der Waals surface area contributed by atoms with Gasteiger partial charge in [0.15, 0.2) is 0 Å². The summed E-state index contributed by atoms with van der Waals surface area (Å²) in [4.78, 5) is 0. The van der Waals surface area contributed by atoms with E-state index in [0.717, 1.165) is 30.0 Å². The summed E-state index contributed by atoms with van der Waals surface area (Å²) >= 11 is 0. The van der Waals surface area contributed by atoms with E-state index in [2.05, 4.69) is 11.4 Å². The molecular weight excluding hydrogens is 238 g/mol. The van der Waals surface area contributed by atoms with E-state index in [9.17, 15) is 5.11 Å². The molecule has 100 valence electrons. The van der Waals surface area contributed by atoms with Gasteiger partial charge in [0.05, 0.1) is 13.7 Å². The number of benzene rings is 2. The Kier molecular flexibility index (Phi) is 4.95. The fourth-order valence-electron chi connectivity index (χ4n) is 2.01. The second kappa shape index (κ2) is 6.92. The van der Waals surface area contributed by atoms with E-state index in [4.69, 9.17) is 4.74 Å². The number of aliphatic hydroxyl groups excluding tert-OH is 1. The van der Waals surface area contributed by atoms with E-state index in [1.165, 1.54) is 5.56 Å². The van der Waals surface area contributed by atoms with Crippen molar-refractivity contribution in [2.75, 3.05) is 7.11 Å². The van der Waals surface area contributed by atoms with Gasteiger partial charge in [0.25, 0.3) is 0 Å². The number of methoxy groups -OCH3 is 1. The Labute approximate surface area is 113 Å². The molecule has 0 saturated carbocycles. The minimum absolute atomic E-state index is 0.0804. The van der Waals surface area contributed by atoms with Crippen molar-refractivity contribution >= 4 is 0 Å². The fourth-order valence-corrected chi connectivity index (χ4v) is 2.01. The number of hydrogen-bond acceptors (Lipinski definition) is 3. The quantitative estimate of drug-likeness (QED) is 0.835. The second-order valence-corrected chi connectivity index (χ2v) is 4.38. The van der Waals surface area contributed by atoms with Crippen LogP contribution in [0.2, 0.25) is 0 Å². The van der Waals surface area contributed by atoms with Gasteiger partial charge in [-0.2, -0.15) is 0 Å². The molecular formula is C16H19NO2. The van der Waals surface area contributed by atoms with Crippen molar-refractivity contribution in [1.29, 1.82) is 0 Å². The van der Waals surface area contributed by atoms with Gasteiger partial charge < -0.3 is 15.2 Å². The smallest absolute Gasteiger partial charge is 0.119 e. The normalized spacial score (nSPS) is 10.4. The zero-order chi connectivity index (χ0) is 13.5. The van der Waals surface area contributed by atoms with Crippen LogP contribution in [0.1, 0.15) is 16.7 Å². The van der Waals surface area contributed by atoms with Gasteiger partial charge in [-0.3, -0.25) is 0 Å². The van der Waals surface area contributed by atoms with Crippen LogP contribution in [0, 0.1) is 0 Å². The largest absolute Gasteiger partial charge is 0.497 e. The molecule has 0 amide bonds. The first-order chi connectivity index (χ1) is 9.33. The van der Waals surface area contributed by atoms with Crippen LogP contribution in [0.3, 0.4) is 0 Å². The number of hydrogen-bond donors (Lipinski definition) is 2. The number of ether oxygens (including phenoxy) is 1. The summed E-state index contributed by atoms with van der Waals surface area (Å²) in [5, 5.41) is 12.6. The van der Waals surface area contributed by atoms with E-state index < -0.39 is 0 Å². The van der Waals surface area contributed by atoms with Crippen LogP contribution < -0.4 is 10.1 Å². The van der Waals surface area contributed by atoms with Gasteiger partial charge in [-0.15, -0.1) is 0 Å². The molecule has 2 aromatic rings. The maximum atomic E-state index is 9.26. The monoisotopic (exact) mass is 257 g/mol. The summed E-state index contributed by atoms with van der Waals surface area (Å²) in [5.41, 5.74) is 3.29. The lowest BCUT2D eigenvalue weighted by atomic mass is 10.1.